The van der Waals surface area contributed by atoms with E-state index in [9.17, 15) is 4.79 Å². The first-order valence-corrected chi connectivity index (χ1v) is 7.92. The molecule has 1 saturated carbocycles. The Morgan fingerprint density at radius 2 is 2.05 bits per heavy atom. The molecule has 0 N–H and O–H groups in total. The number of hydrogen-bond donors (Lipinski definition) is 0. The summed E-state index contributed by atoms with van der Waals surface area (Å²) in [6, 6.07) is 6.95. The molecule has 3 rings (SSSR count). The summed E-state index contributed by atoms with van der Waals surface area (Å²) >= 11 is 0. The first-order chi connectivity index (χ1) is 9.87. The fourth-order valence-corrected chi connectivity index (χ4v) is 3.45. The Kier molecular flexibility index (Phi) is 3.56. The summed E-state index contributed by atoms with van der Waals surface area (Å²) in [4.78, 5) is 16.4. The molecule has 1 aromatic rings. The molecule has 1 heterocycles. The van der Waals surface area contributed by atoms with Crippen molar-refractivity contribution in [2.75, 3.05) is 27.2 Å². The van der Waals surface area contributed by atoms with E-state index in [4.69, 9.17) is 0 Å². The zero-order chi connectivity index (χ0) is 15.2. The number of likely N-dealkylation sites (N-methyl/N-ethyl adjacent to an activating group) is 1. The van der Waals surface area contributed by atoms with Crippen LogP contribution in [0, 0.1) is 0 Å². The third kappa shape index (κ3) is 2.98. The monoisotopic (exact) mass is 286 g/mol. The van der Waals surface area contributed by atoms with Crippen molar-refractivity contribution in [1.82, 2.24) is 9.80 Å². The Balaban J connectivity index is 1.88. The molecule has 3 heteroatoms. The van der Waals surface area contributed by atoms with Crippen molar-refractivity contribution in [2.24, 2.45) is 0 Å². The minimum absolute atomic E-state index is 0.0393. The van der Waals surface area contributed by atoms with Gasteiger partial charge in [0, 0.05) is 18.5 Å². The molecule has 0 bridgehead atoms. The number of carbonyl (C=O) groups excluding carboxylic acids is 1. The zero-order valence-electron chi connectivity index (χ0n) is 13.6. The van der Waals surface area contributed by atoms with Crippen LogP contribution >= 0.6 is 0 Å². The van der Waals surface area contributed by atoms with Gasteiger partial charge in [0.15, 0.2) is 0 Å². The van der Waals surface area contributed by atoms with E-state index in [1.807, 2.05) is 23.9 Å². The van der Waals surface area contributed by atoms with Crippen LogP contribution in [-0.4, -0.2) is 42.9 Å². The van der Waals surface area contributed by atoms with Gasteiger partial charge in [-0.2, -0.15) is 0 Å². The van der Waals surface area contributed by atoms with Crippen LogP contribution in [0.4, 0.5) is 0 Å². The van der Waals surface area contributed by atoms with Crippen LogP contribution in [-0.2, 0) is 16.8 Å². The molecule has 2 aliphatic rings. The summed E-state index contributed by atoms with van der Waals surface area (Å²) in [5, 5.41) is 0. The molecule has 21 heavy (non-hydrogen) atoms. The van der Waals surface area contributed by atoms with E-state index in [1.165, 1.54) is 29.5 Å². The second-order valence-electron chi connectivity index (χ2n) is 7.56. The van der Waals surface area contributed by atoms with E-state index in [-0.39, 0.29) is 11.3 Å². The van der Waals surface area contributed by atoms with Gasteiger partial charge in [0.2, 0.25) is 5.91 Å². The van der Waals surface area contributed by atoms with E-state index in [0.29, 0.717) is 6.54 Å². The first-order valence-electron chi connectivity index (χ1n) is 7.92. The van der Waals surface area contributed by atoms with E-state index in [0.717, 1.165) is 19.0 Å². The average molecular weight is 286 g/mol. The largest absolute Gasteiger partial charge is 0.336 e. The van der Waals surface area contributed by atoms with E-state index in [2.05, 4.69) is 32.0 Å². The van der Waals surface area contributed by atoms with Crippen LogP contribution in [0.25, 0.3) is 0 Å². The average Bonchev–Trinajstić information content (AvgIpc) is 3.20. The Labute approximate surface area is 127 Å². The Hall–Kier alpha value is -1.35. The Morgan fingerprint density at radius 3 is 2.67 bits per heavy atom. The van der Waals surface area contributed by atoms with Crippen molar-refractivity contribution in [1.29, 1.82) is 0 Å². The molecule has 3 nitrogen and oxygen atoms in total. The van der Waals surface area contributed by atoms with Crippen LogP contribution in [0.1, 0.15) is 49.3 Å². The lowest BCUT2D eigenvalue weighted by Gasteiger charge is -2.40. The summed E-state index contributed by atoms with van der Waals surface area (Å²) in [6.45, 7) is 6.57. The molecule has 1 fully saturated rings. The first kappa shape index (κ1) is 14.6. The second-order valence-corrected chi connectivity index (χ2v) is 7.56. The molecule has 1 aliphatic heterocycles. The van der Waals surface area contributed by atoms with Crippen molar-refractivity contribution in [2.45, 2.75) is 44.6 Å². The van der Waals surface area contributed by atoms with Crippen molar-refractivity contribution >= 4 is 5.91 Å². The van der Waals surface area contributed by atoms with Gasteiger partial charge in [0.05, 0.1) is 6.54 Å². The fraction of sp³-hybridized carbons (Fsp3) is 0.611. The number of fused-ring (bicyclic) bond motifs is 1. The van der Waals surface area contributed by atoms with Crippen molar-refractivity contribution < 1.29 is 4.79 Å². The predicted molar refractivity (Wildman–Crippen MR) is 85.4 cm³/mol. The molecule has 0 radical (unpaired) electrons. The van der Waals surface area contributed by atoms with Crippen LogP contribution < -0.4 is 0 Å². The van der Waals surface area contributed by atoms with E-state index >= 15 is 0 Å². The lowest BCUT2D eigenvalue weighted by molar-refractivity contribution is -0.133. The lowest BCUT2D eigenvalue weighted by Crippen LogP contribution is -2.47. The Bertz CT molecular complexity index is 558. The number of hydrogen-bond acceptors (Lipinski definition) is 2. The standard InChI is InChI=1S/C18H26N2O/c1-18(2)12-20(17(21)11-19(3)4)10-15-9-14(13-5-6-13)7-8-16(15)18/h7-9,13H,5-6,10-12H2,1-4H3. The summed E-state index contributed by atoms with van der Waals surface area (Å²) in [5.41, 5.74) is 4.27. The van der Waals surface area contributed by atoms with Crippen LogP contribution in [0.5, 0.6) is 0 Å². The molecule has 114 valence electrons. The number of benzene rings is 1. The van der Waals surface area contributed by atoms with Gasteiger partial charge in [-0.05, 0) is 49.5 Å². The van der Waals surface area contributed by atoms with Crippen LogP contribution in [0.3, 0.4) is 0 Å². The van der Waals surface area contributed by atoms with Gasteiger partial charge >= 0.3 is 0 Å². The summed E-state index contributed by atoms with van der Waals surface area (Å²) in [6.07, 6.45) is 2.65. The lowest BCUT2D eigenvalue weighted by atomic mass is 9.77. The van der Waals surface area contributed by atoms with Crippen molar-refractivity contribution in [3.63, 3.8) is 0 Å². The molecule has 1 amide bonds. The molecule has 0 unspecified atom stereocenters. The summed E-state index contributed by atoms with van der Waals surface area (Å²) < 4.78 is 0. The zero-order valence-corrected chi connectivity index (χ0v) is 13.6. The van der Waals surface area contributed by atoms with E-state index < -0.39 is 0 Å². The Morgan fingerprint density at radius 1 is 1.33 bits per heavy atom. The third-order valence-electron chi connectivity index (χ3n) is 4.66. The van der Waals surface area contributed by atoms with Gasteiger partial charge in [-0.1, -0.05) is 32.0 Å². The third-order valence-corrected chi connectivity index (χ3v) is 4.66. The highest BCUT2D eigenvalue weighted by Crippen LogP contribution is 2.42. The second kappa shape index (κ2) is 5.13. The quantitative estimate of drug-likeness (QED) is 0.853. The van der Waals surface area contributed by atoms with E-state index in [1.54, 1.807) is 0 Å². The molecule has 0 atom stereocenters. The predicted octanol–water partition coefficient (Wildman–Crippen LogP) is 2.75. The van der Waals surface area contributed by atoms with Crippen LogP contribution in [0.2, 0.25) is 0 Å². The minimum atomic E-state index is 0.0393. The smallest absolute Gasteiger partial charge is 0.237 e. The van der Waals surface area contributed by atoms with Gasteiger partial charge in [-0.25, -0.2) is 0 Å². The number of nitrogens with zero attached hydrogens (tertiary/aromatic N) is 2. The topological polar surface area (TPSA) is 23.6 Å². The van der Waals surface area contributed by atoms with Crippen molar-refractivity contribution in [3.05, 3.63) is 34.9 Å². The molecule has 0 saturated heterocycles. The minimum Gasteiger partial charge on any atom is -0.336 e. The maximum atomic E-state index is 12.4. The van der Waals surface area contributed by atoms with Crippen LogP contribution in [0.15, 0.2) is 18.2 Å². The molecular formula is C18H26N2O. The van der Waals surface area contributed by atoms with Gasteiger partial charge in [0.1, 0.15) is 0 Å². The maximum Gasteiger partial charge on any atom is 0.237 e. The highest BCUT2D eigenvalue weighted by molar-refractivity contribution is 5.78. The van der Waals surface area contributed by atoms with Gasteiger partial charge < -0.3 is 9.80 Å². The molecule has 0 spiro atoms. The molecule has 1 aliphatic carbocycles. The molecular weight excluding hydrogens is 260 g/mol. The number of rotatable bonds is 3. The van der Waals surface area contributed by atoms with Gasteiger partial charge in [-0.3, -0.25) is 4.79 Å². The highest BCUT2D eigenvalue weighted by atomic mass is 16.2. The molecule has 0 aromatic heterocycles. The summed E-state index contributed by atoms with van der Waals surface area (Å²) in [7, 11) is 3.90. The van der Waals surface area contributed by atoms with Gasteiger partial charge in [0.25, 0.3) is 0 Å². The number of carbonyl (C=O) groups is 1. The van der Waals surface area contributed by atoms with Crippen molar-refractivity contribution in [3.8, 4) is 0 Å². The normalized spacial score (nSPS) is 20.5. The number of amides is 1. The highest BCUT2D eigenvalue weighted by Gasteiger charge is 2.35. The SMILES string of the molecule is CN(C)CC(=O)N1Cc2cc(C3CC3)ccc2C(C)(C)C1. The van der Waals surface area contributed by atoms with Gasteiger partial charge in [-0.15, -0.1) is 0 Å². The summed E-state index contributed by atoms with van der Waals surface area (Å²) in [5.74, 6) is 1.00. The fourth-order valence-electron chi connectivity index (χ4n) is 3.45. The maximum absolute atomic E-state index is 12.4. The molecule has 1 aromatic carbocycles.